The zero-order valence-corrected chi connectivity index (χ0v) is 11.4. The van der Waals surface area contributed by atoms with Crippen molar-refractivity contribution in [2.45, 2.75) is 31.3 Å². The molecule has 0 unspecified atom stereocenters. The molecule has 2 rings (SSSR count). The lowest BCUT2D eigenvalue weighted by molar-refractivity contribution is -0.0704. The number of carbonyl (C=O) groups is 1. The summed E-state index contributed by atoms with van der Waals surface area (Å²) in [7, 11) is 1.68. The summed E-state index contributed by atoms with van der Waals surface area (Å²) in [6, 6.07) is 5.27. The van der Waals surface area contributed by atoms with Crippen molar-refractivity contribution >= 4 is 27.4 Å². The number of hydrogen-bond acceptors (Lipinski definition) is 3. The van der Waals surface area contributed by atoms with E-state index in [4.69, 9.17) is 10.5 Å². The van der Waals surface area contributed by atoms with Gasteiger partial charge in [-0.15, -0.1) is 0 Å². The van der Waals surface area contributed by atoms with Gasteiger partial charge in [-0.3, -0.25) is 4.79 Å². The fraction of sp³-hybridized carbons (Fsp3) is 0.462. The zero-order valence-electron chi connectivity index (χ0n) is 9.83. The number of Topliss-reactive ketones (excluding diaryl/α,β-unsaturated/α-hetero) is 1. The van der Waals surface area contributed by atoms with Crippen LogP contribution in [-0.2, 0) is 4.74 Å². The van der Waals surface area contributed by atoms with Crippen LogP contribution in [0.4, 0.5) is 5.69 Å². The zero-order chi connectivity index (χ0) is 12.5. The maximum absolute atomic E-state index is 12.2. The first kappa shape index (κ1) is 12.6. The van der Waals surface area contributed by atoms with E-state index in [1.807, 2.05) is 0 Å². The fourth-order valence-electron chi connectivity index (χ4n) is 2.17. The molecule has 0 heterocycles. The summed E-state index contributed by atoms with van der Waals surface area (Å²) in [5, 5.41) is 0. The first-order valence-electron chi connectivity index (χ1n) is 5.70. The molecule has 2 N–H and O–H groups in total. The van der Waals surface area contributed by atoms with Crippen molar-refractivity contribution in [1.29, 1.82) is 0 Å². The van der Waals surface area contributed by atoms with Gasteiger partial charge in [0.15, 0.2) is 5.78 Å². The summed E-state index contributed by atoms with van der Waals surface area (Å²) < 4.78 is 6.23. The SMILES string of the molecule is COC1(CC(=O)c2ccc(N)cc2Br)CCC1. The number of rotatable bonds is 4. The van der Waals surface area contributed by atoms with E-state index in [9.17, 15) is 4.79 Å². The van der Waals surface area contributed by atoms with Gasteiger partial charge < -0.3 is 10.5 Å². The Morgan fingerprint density at radius 2 is 2.24 bits per heavy atom. The Balaban J connectivity index is 2.14. The van der Waals surface area contributed by atoms with Crippen LogP contribution in [0.5, 0.6) is 0 Å². The standard InChI is InChI=1S/C13H16BrNO2/c1-17-13(5-2-6-13)8-12(16)10-4-3-9(15)7-11(10)14/h3-4,7H,2,5-6,8,15H2,1H3. The molecule has 1 aromatic rings. The fourth-order valence-corrected chi connectivity index (χ4v) is 2.79. The first-order chi connectivity index (χ1) is 8.06. The van der Waals surface area contributed by atoms with Gasteiger partial charge in [-0.25, -0.2) is 0 Å². The van der Waals surface area contributed by atoms with Crippen molar-refractivity contribution in [3.05, 3.63) is 28.2 Å². The summed E-state index contributed by atoms with van der Waals surface area (Å²) in [6.45, 7) is 0. The van der Waals surface area contributed by atoms with Crippen molar-refractivity contribution in [2.24, 2.45) is 0 Å². The largest absolute Gasteiger partial charge is 0.399 e. The van der Waals surface area contributed by atoms with Crippen molar-refractivity contribution < 1.29 is 9.53 Å². The van der Waals surface area contributed by atoms with E-state index in [1.165, 1.54) is 0 Å². The number of halogens is 1. The molecule has 0 atom stereocenters. The minimum absolute atomic E-state index is 0.110. The maximum Gasteiger partial charge on any atom is 0.166 e. The van der Waals surface area contributed by atoms with Crippen LogP contribution in [0.1, 0.15) is 36.0 Å². The van der Waals surface area contributed by atoms with Crippen molar-refractivity contribution in [1.82, 2.24) is 0 Å². The van der Waals surface area contributed by atoms with Crippen molar-refractivity contribution in [3.8, 4) is 0 Å². The highest BCUT2D eigenvalue weighted by atomic mass is 79.9. The van der Waals surface area contributed by atoms with Crippen LogP contribution in [0.25, 0.3) is 0 Å². The number of nitrogen functional groups attached to an aromatic ring is 1. The van der Waals surface area contributed by atoms with E-state index in [1.54, 1.807) is 25.3 Å². The molecule has 0 aliphatic heterocycles. The van der Waals surface area contributed by atoms with E-state index in [0.717, 1.165) is 23.7 Å². The molecular formula is C13H16BrNO2. The Morgan fingerprint density at radius 3 is 2.71 bits per heavy atom. The highest BCUT2D eigenvalue weighted by molar-refractivity contribution is 9.10. The first-order valence-corrected chi connectivity index (χ1v) is 6.49. The number of carbonyl (C=O) groups excluding carboxylic acids is 1. The molecule has 0 amide bonds. The Labute approximate surface area is 109 Å². The smallest absolute Gasteiger partial charge is 0.166 e. The number of anilines is 1. The topological polar surface area (TPSA) is 52.3 Å². The Morgan fingerprint density at radius 1 is 1.53 bits per heavy atom. The van der Waals surface area contributed by atoms with Crippen molar-refractivity contribution in [2.75, 3.05) is 12.8 Å². The van der Waals surface area contributed by atoms with Crippen molar-refractivity contribution in [3.63, 3.8) is 0 Å². The van der Waals surface area contributed by atoms with E-state index < -0.39 is 0 Å². The Kier molecular flexibility index (Phi) is 3.54. The van der Waals surface area contributed by atoms with Crippen LogP contribution in [0.3, 0.4) is 0 Å². The molecule has 1 aliphatic carbocycles. The number of benzene rings is 1. The molecule has 0 aromatic heterocycles. The number of nitrogens with two attached hydrogens (primary N) is 1. The van der Waals surface area contributed by atoms with Gasteiger partial charge >= 0.3 is 0 Å². The Hall–Kier alpha value is -0.870. The average molecular weight is 298 g/mol. The van der Waals surface area contributed by atoms with Gasteiger partial charge in [-0.2, -0.15) is 0 Å². The lowest BCUT2D eigenvalue weighted by Gasteiger charge is -2.40. The van der Waals surface area contributed by atoms with E-state index in [-0.39, 0.29) is 11.4 Å². The van der Waals surface area contributed by atoms with Gasteiger partial charge in [-0.1, -0.05) is 0 Å². The molecule has 1 aliphatic rings. The molecule has 92 valence electrons. The summed E-state index contributed by atoms with van der Waals surface area (Å²) >= 11 is 3.38. The molecular weight excluding hydrogens is 282 g/mol. The van der Waals surface area contributed by atoms with Crippen LogP contribution in [0.15, 0.2) is 22.7 Å². The quantitative estimate of drug-likeness (QED) is 0.686. The second kappa shape index (κ2) is 4.78. The molecule has 1 fully saturated rings. The minimum atomic E-state index is -0.224. The maximum atomic E-state index is 12.2. The second-order valence-corrected chi connectivity index (χ2v) is 5.43. The third kappa shape index (κ3) is 2.53. The van der Waals surface area contributed by atoms with Gasteiger partial charge in [0.25, 0.3) is 0 Å². The summed E-state index contributed by atoms with van der Waals surface area (Å²) in [6.07, 6.45) is 3.54. The van der Waals surface area contributed by atoms with Crippen LogP contribution in [0, 0.1) is 0 Å². The average Bonchev–Trinajstić information content (AvgIpc) is 2.23. The third-order valence-corrected chi connectivity index (χ3v) is 4.13. The number of ether oxygens (including phenoxy) is 1. The van der Waals surface area contributed by atoms with E-state index in [0.29, 0.717) is 17.7 Å². The lowest BCUT2D eigenvalue weighted by atomic mass is 9.76. The van der Waals surface area contributed by atoms with Crippen LogP contribution >= 0.6 is 15.9 Å². The predicted octanol–water partition coefficient (Wildman–Crippen LogP) is 3.17. The molecule has 4 heteroatoms. The van der Waals surface area contributed by atoms with Gasteiger partial charge in [-0.05, 0) is 53.4 Å². The van der Waals surface area contributed by atoms with Crippen LogP contribution in [-0.4, -0.2) is 18.5 Å². The van der Waals surface area contributed by atoms with Gasteiger partial charge in [0.2, 0.25) is 0 Å². The third-order valence-electron chi connectivity index (χ3n) is 3.47. The number of methoxy groups -OCH3 is 1. The van der Waals surface area contributed by atoms with Crippen LogP contribution < -0.4 is 5.73 Å². The van der Waals surface area contributed by atoms with Gasteiger partial charge in [0, 0.05) is 29.3 Å². The molecule has 0 bridgehead atoms. The monoisotopic (exact) mass is 297 g/mol. The molecule has 3 nitrogen and oxygen atoms in total. The van der Waals surface area contributed by atoms with Crippen LogP contribution in [0.2, 0.25) is 0 Å². The molecule has 1 aromatic carbocycles. The summed E-state index contributed by atoms with van der Waals surface area (Å²) in [4.78, 5) is 12.2. The predicted molar refractivity (Wildman–Crippen MR) is 71.1 cm³/mol. The Bertz CT molecular complexity index is 436. The second-order valence-electron chi connectivity index (χ2n) is 4.58. The highest BCUT2D eigenvalue weighted by Crippen LogP contribution is 2.39. The number of ketones is 1. The molecule has 0 spiro atoms. The minimum Gasteiger partial charge on any atom is -0.399 e. The molecule has 0 radical (unpaired) electrons. The molecule has 0 saturated heterocycles. The lowest BCUT2D eigenvalue weighted by Crippen LogP contribution is -2.41. The molecule has 17 heavy (non-hydrogen) atoms. The highest BCUT2D eigenvalue weighted by Gasteiger charge is 2.39. The number of hydrogen-bond donors (Lipinski definition) is 1. The van der Waals surface area contributed by atoms with E-state index >= 15 is 0 Å². The van der Waals surface area contributed by atoms with E-state index in [2.05, 4.69) is 15.9 Å². The summed E-state index contributed by atoms with van der Waals surface area (Å²) in [5.41, 5.74) is 6.76. The normalized spacial score (nSPS) is 17.5. The van der Waals surface area contributed by atoms with Gasteiger partial charge in [0.1, 0.15) is 0 Å². The summed E-state index contributed by atoms with van der Waals surface area (Å²) in [5.74, 6) is 0.110. The molecule has 1 saturated carbocycles. The van der Waals surface area contributed by atoms with Gasteiger partial charge in [0.05, 0.1) is 5.60 Å².